The van der Waals surface area contributed by atoms with Crippen LogP contribution in [0.4, 0.5) is 0 Å². The summed E-state index contributed by atoms with van der Waals surface area (Å²) in [6.45, 7) is 8.81. The van der Waals surface area contributed by atoms with Crippen molar-refractivity contribution in [1.29, 1.82) is 0 Å². The molecule has 1 aromatic rings. The molecule has 3 atom stereocenters. The van der Waals surface area contributed by atoms with Gasteiger partial charge in [-0.05, 0) is 55.2 Å². The van der Waals surface area contributed by atoms with Gasteiger partial charge in [0.2, 0.25) is 5.91 Å². The Morgan fingerprint density at radius 2 is 2.00 bits per heavy atom. The lowest BCUT2D eigenvalue weighted by Crippen LogP contribution is -2.49. The van der Waals surface area contributed by atoms with Crippen molar-refractivity contribution < 1.29 is 9.59 Å². The second-order valence-electron chi connectivity index (χ2n) is 9.25. The first kappa shape index (κ1) is 20.1. The zero-order chi connectivity index (χ0) is 20.5. The van der Waals surface area contributed by atoms with Crippen molar-refractivity contribution in [2.45, 2.75) is 83.5 Å². The molecule has 1 aliphatic carbocycles. The highest BCUT2D eigenvalue weighted by Crippen LogP contribution is 2.32. The molecule has 5 nitrogen and oxygen atoms in total. The quantitative estimate of drug-likeness (QED) is 0.802. The van der Waals surface area contributed by atoms with Crippen molar-refractivity contribution in [2.75, 3.05) is 0 Å². The van der Waals surface area contributed by atoms with Crippen LogP contribution in [0.2, 0.25) is 0 Å². The SMILES string of the molecule is C=C1CCC(N2Cc3cc(C[C@H]4CCCC[C@@H]4NC(C)C)ccc3C2=O)C(=O)N1. The average Bonchev–Trinajstić information content (AvgIpc) is 2.99. The van der Waals surface area contributed by atoms with Gasteiger partial charge in [-0.15, -0.1) is 0 Å². The van der Waals surface area contributed by atoms with Crippen molar-refractivity contribution in [2.24, 2.45) is 5.92 Å². The summed E-state index contributed by atoms with van der Waals surface area (Å²) in [4.78, 5) is 27.0. The predicted octanol–water partition coefficient (Wildman–Crippen LogP) is 3.53. The molecule has 3 aliphatic rings. The highest BCUT2D eigenvalue weighted by Gasteiger charge is 2.38. The number of fused-ring (bicyclic) bond motifs is 1. The van der Waals surface area contributed by atoms with Crippen LogP contribution in [0.5, 0.6) is 0 Å². The van der Waals surface area contributed by atoms with E-state index in [1.165, 1.54) is 31.2 Å². The average molecular weight is 396 g/mol. The van der Waals surface area contributed by atoms with Gasteiger partial charge in [-0.1, -0.05) is 45.4 Å². The van der Waals surface area contributed by atoms with E-state index >= 15 is 0 Å². The number of carbonyl (C=O) groups excluding carboxylic acids is 2. The number of rotatable bonds is 5. The lowest BCUT2D eigenvalue weighted by molar-refractivity contribution is -0.126. The van der Waals surface area contributed by atoms with Crippen LogP contribution in [-0.4, -0.2) is 34.8 Å². The summed E-state index contributed by atoms with van der Waals surface area (Å²) >= 11 is 0. The van der Waals surface area contributed by atoms with Crippen LogP contribution in [0.1, 0.15) is 73.9 Å². The Labute approximate surface area is 173 Å². The van der Waals surface area contributed by atoms with Crippen LogP contribution >= 0.6 is 0 Å². The molecule has 1 saturated carbocycles. The number of nitrogens with zero attached hydrogens (tertiary/aromatic N) is 1. The Morgan fingerprint density at radius 1 is 1.21 bits per heavy atom. The highest BCUT2D eigenvalue weighted by molar-refractivity contribution is 6.01. The van der Waals surface area contributed by atoms with E-state index in [0.29, 0.717) is 31.0 Å². The van der Waals surface area contributed by atoms with Crippen LogP contribution < -0.4 is 10.6 Å². The van der Waals surface area contributed by atoms with Gasteiger partial charge in [0.05, 0.1) is 0 Å². The lowest BCUT2D eigenvalue weighted by Gasteiger charge is -2.34. The molecule has 0 spiro atoms. The van der Waals surface area contributed by atoms with E-state index in [0.717, 1.165) is 29.7 Å². The molecular formula is C24H33N3O2. The fraction of sp³-hybridized carbons (Fsp3) is 0.583. The van der Waals surface area contributed by atoms with Gasteiger partial charge in [0.15, 0.2) is 0 Å². The van der Waals surface area contributed by atoms with Gasteiger partial charge in [0.25, 0.3) is 5.91 Å². The van der Waals surface area contributed by atoms with E-state index in [2.05, 4.69) is 43.2 Å². The first-order chi connectivity index (χ1) is 13.9. The fourth-order valence-electron chi connectivity index (χ4n) is 5.24. The van der Waals surface area contributed by atoms with Crippen molar-refractivity contribution in [1.82, 2.24) is 15.5 Å². The molecule has 2 heterocycles. The Kier molecular flexibility index (Phi) is 5.77. The third-order valence-corrected chi connectivity index (χ3v) is 6.65. The molecule has 2 amide bonds. The highest BCUT2D eigenvalue weighted by atomic mass is 16.2. The molecule has 0 aromatic heterocycles. The van der Waals surface area contributed by atoms with Crippen LogP contribution in [0.3, 0.4) is 0 Å². The molecule has 2 fully saturated rings. The van der Waals surface area contributed by atoms with E-state index in [1.54, 1.807) is 4.90 Å². The van der Waals surface area contributed by atoms with Crippen LogP contribution in [-0.2, 0) is 17.8 Å². The van der Waals surface area contributed by atoms with Gasteiger partial charge >= 0.3 is 0 Å². The summed E-state index contributed by atoms with van der Waals surface area (Å²) in [6, 6.07) is 6.98. The van der Waals surface area contributed by atoms with Crippen LogP contribution in [0.15, 0.2) is 30.5 Å². The molecule has 5 heteroatoms. The Morgan fingerprint density at radius 3 is 2.76 bits per heavy atom. The predicted molar refractivity (Wildman–Crippen MR) is 114 cm³/mol. The molecule has 156 valence electrons. The maximum absolute atomic E-state index is 12.9. The summed E-state index contributed by atoms with van der Waals surface area (Å²) in [5.74, 6) is 0.524. The second kappa shape index (κ2) is 8.31. The van der Waals surface area contributed by atoms with Crippen LogP contribution in [0.25, 0.3) is 0 Å². The number of allylic oxidation sites excluding steroid dienone is 1. The molecule has 4 rings (SSSR count). The monoisotopic (exact) mass is 395 g/mol. The lowest BCUT2D eigenvalue weighted by atomic mass is 9.80. The van der Waals surface area contributed by atoms with Gasteiger partial charge < -0.3 is 15.5 Å². The normalized spacial score (nSPS) is 27.3. The third-order valence-electron chi connectivity index (χ3n) is 6.65. The number of nitrogens with one attached hydrogen (secondary N) is 2. The fourth-order valence-corrected chi connectivity index (χ4v) is 5.24. The zero-order valence-electron chi connectivity index (χ0n) is 17.7. The number of hydrogen-bond acceptors (Lipinski definition) is 3. The minimum atomic E-state index is -0.387. The standard InChI is InChI=1S/C24H33N3O2/c1-15(2)25-21-7-5-4-6-18(21)12-17-9-10-20-19(13-17)14-27(24(20)29)22-11-8-16(3)26-23(22)28/h9-10,13,15,18,21-22,25H,3-8,11-12,14H2,1-2H3,(H,26,28)/t18-,21+,22?/m1/s1. The Bertz CT molecular complexity index is 816. The van der Waals surface area contributed by atoms with E-state index in [4.69, 9.17) is 0 Å². The van der Waals surface area contributed by atoms with Crippen molar-refractivity contribution in [3.63, 3.8) is 0 Å². The number of amides is 2. The summed E-state index contributed by atoms with van der Waals surface area (Å²) < 4.78 is 0. The third kappa shape index (κ3) is 4.25. The van der Waals surface area contributed by atoms with Gasteiger partial charge in [-0.3, -0.25) is 9.59 Å². The van der Waals surface area contributed by atoms with Gasteiger partial charge in [0.1, 0.15) is 6.04 Å². The maximum Gasteiger partial charge on any atom is 0.255 e. The van der Waals surface area contributed by atoms with Gasteiger partial charge in [-0.25, -0.2) is 0 Å². The minimum Gasteiger partial charge on any atom is -0.329 e. The molecule has 0 bridgehead atoms. The topological polar surface area (TPSA) is 61.4 Å². The van der Waals surface area contributed by atoms with E-state index in [-0.39, 0.29) is 17.9 Å². The summed E-state index contributed by atoms with van der Waals surface area (Å²) in [5, 5.41) is 6.56. The van der Waals surface area contributed by atoms with E-state index in [1.807, 2.05) is 6.07 Å². The molecule has 1 unspecified atom stereocenters. The number of carbonyl (C=O) groups is 2. The number of hydrogen-bond donors (Lipinski definition) is 2. The van der Waals surface area contributed by atoms with Gasteiger partial charge in [-0.2, -0.15) is 0 Å². The smallest absolute Gasteiger partial charge is 0.255 e. The van der Waals surface area contributed by atoms with E-state index < -0.39 is 0 Å². The molecule has 1 saturated heterocycles. The molecule has 2 aliphatic heterocycles. The molecule has 1 aromatic carbocycles. The minimum absolute atomic E-state index is 0.0174. The van der Waals surface area contributed by atoms with E-state index in [9.17, 15) is 9.59 Å². The second-order valence-corrected chi connectivity index (χ2v) is 9.25. The van der Waals surface area contributed by atoms with Crippen molar-refractivity contribution in [3.05, 3.63) is 47.2 Å². The maximum atomic E-state index is 12.9. The molecule has 29 heavy (non-hydrogen) atoms. The number of piperidine rings is 1. The van der Waals surface area contributed by atoms with Crippen molar-refractivity contribution >= 4 is 11.8 Å². The molecular weight excluding hydrogens is 362 g/mol. The Hall–Kier alpha value is -2.14. The van der Waals surface area contributed by atoms with Crippen LogP contribution in [0, 0.1) is 5.92 Å². The summed E-state index contributed by atoms with van der Waals surface area (Å²) in [7, 11) is 0. The number of benzene rings is 1. The zero-order valence-corrected chi connectivity index (χ0v) is 17.7. The first-order valence-electron chi connectivity index (χ1n) is 11.1. The Balaban J connectivity index is 1.47. The van der Waals surface area contributed by atoms with Gasteiger partial charge in [0, 0.05) is 29.9 Å². The summed E-state index contributed by atoms with van der Waals surface area (Å²) in [5.41, 5.74) is 3.87. The molecule has 0 radical (unpaired) electrons. The largest absolute Gasteiger partial charge is 0.329 e. The van der Waals surface area contributed by atoms with Crippen molar-refractivity contribution in [3.8, 4) is 0 Å². The molecule has 2 N–H and O–H groups in total. The first-order valence-corrected chi connectivity index (χ1v) is 11.1. The summed E-state index contributed by atoms with van der Waals surface area (Å²) in [6.07, 6.45) is 7.57.